The summed E-state index contributed by atoms with van der Waals surface area (Å²) < 4.78 is 27.1. The van der Waals surface area contributed by atoms with Crippen LogP contribution in [-0.4, -0.2) is 43.6 Å². The molecule has 2 aromatic rings. The SMILES string of the molecule is O=C(c1cc(C(F)F)[nH]n1)N1CCC[C@H](Cn2ccnc2)C1. The average Bonchev–Trinajstić information content (AvgIpc) is 3.18. The highest BCUT2D eigenvalue weighted by molar-refractivity contribution is 5.92. The number of rotatable bonds is 4. The van der Waals surface area contributed by atoms with Gasteiger partial charge in [0.2, 0.25) is 0 Å². The van der Waals surface area contributed by atoms with E-state index >= 15 is 0 Å². The molecule has 0 unspecified atom stereocenters. The highest BCUT2D eigenvalue weighted by atomic mass is 19.3. The molecule has 8 heteroatoms. The van der Waals surface area contributed by atoms with Gasteiger partial charge in [-0.25, -0.2) is 13.8 Å². The fourth-order valence-corrected chi connectivity index (χ4v) is 2.81. The summed E-state index contributed by atoms with van der Waals surface area (Å²) in [7, 11) is 0. The Morgan fingerprint density at radius 2 is 2.36 bits per heavy atom. The highest BCUT2D eigenvalue weighted by Gasteiger charge is 2.26. The average molecular weight is 309 g/mol. The first-order valence-electron chi connectivity index (χ1n) is 7.22. The third-order valence-electron chi connectivity index (χ3n) is 3.89. The van der Waals surface area contributed by atoms with Gasteiger partial charge in [0.25, 0.3) is 12.3 Å². The Balaban J connectivity index is 1.64. The molecule has 0 bridgehead atoms. The van der Waals surface area contributed by atoms with E-state index in [9.17, 15) is 13.6 Å². The van der Waals surface area contributed by atoms with E-state index in [4.69, 9.17) is 0 Å². The molecule has 1 aliphatic heterocycles. The summed E-state index contributed by atoms with van der Waals surface area (Å²) in [5.41, 5.74) is -0.270. The number of nitrogens with zero attached hydrogens (tertiary/aromatic N) is 4. The van der Waals surface area contributed by atoms with Crippen molar-refractivity contribution < 1.29 is 13.6 Å². The molecule has 1 saturated heterocycles. The van der Waals surface area contributed by atoms with E-state index in [2.05, 4.69) is 15.2 Å². The van der Waals surface area contributed by atoms with Crippen LogP contribution in [0.1, 0.15) is 35.4 Å². The van der Waals surface area contributed by atoms with Gasteiger partial charge in [-0.2, -0.15) is 5.10 Å². The van der Waals surface area contributed by atoms with Crippen LogP contribution in [0.3, 0.4) is 0 Å². The van der Waals surface area contributed by atoms with Crippen LogP contribution in [0.25, 0.3) is 0 Å². The summed E-state index contributed by atoms with van der Waals surface area (Å²) in [6.07, 6.45) is 4.65. The van der Waals surface area contributed by atoms with Gasteiger partial charge in [0.05, 0.1) is 6.33 Å². The van der Waals surface area contributed by atoms with Crippen molar-refractivity contribution in [2.24, 2.45) is 5.92 Å². The van der Waals surface area contributed by atoms with Crippen LogP contribution in [0.4, 0.5) is 8.78 Å². The molecular weight excluding hydrogens is 292 g/mol. The number of alkyl halides is 2. The van der Waals surface area contributed by atoms with E-state index in [1.165, 1.54) is 0 Å². The number of carbonyl (C=O) groups is 1. The second-order valence-electron chi connectivity index (χ2n) is 5.53. The molecule has 0 radical (unpaired) electrons. The third kappa shape index (κ3) is 3.15. The van der Waals surface area contributed by atoms with Gasteiger partial charge in [0.1, 0.15) is 5.69 Å². The summed E-state index contributed by atoms with van der Waals surface area (Å²) in [5, 5.41) is 5.91. The Labute approximate surface area is 126 Å². The van der Waals surface area contributed by atoms with Crippen molar-refractivity contribution in [2.45, 2.75) is 25.8 Å². The summed E-state index contributed by atoms with van der Waals surface area (Å²) >= 11 is 0. The van der Waals surface area contributed by atoms with Gasteiger partial charge in [-0.3, -0.25) is 9.89 Å². The molecule has 2 aromatic heterocycles. The number of aromatic nitrogens is 4. The summed E-state index contributed by atoms with van der Waals surface area (Å²) in [6.45, 7) is 2.04. The molecule has 1 aliphatic rings. The fraction of sp³-hybridized carbons (Fsp3) is 0.500. The molecule has 0 aromatic carbocycles. The Hall–Kier alpha value is -2.25. The Morgan fingerprint density at radius 3 is 3.05 bits per heavy atom. The molecular formula is C14H17F2N5O. The third-order valence-corrected chi connectivity index (χ3v) is 3.89. The van der Waals surface area contributed by atoms with Gasteiger partial charge in [-0.05, 0) is 24.8 Å². The first-order chi connectivity index (χ1) is 10.6. The van der Waals surface area contributed by atoms with Crippen molar-refractivity contribution in [3.63, 3.8) is 0 Å². The van der Waals surface area contributed by atoms with Crippen LogP contribution in [0, 0.1) is 5.92 Å². The number of H-pyrrole nitrogens is 1. The van der Waals surface area contributed by atoms with Gasteiger partial charge in [0.15, 0.2) is 5.69 Å². The van der Waals surface area contributed by atoms with Gasteiger partial charge < -0.3 is 9.47 Å². The lowest BCUT2D eigenvalue weighted by molar-refractivity contribution is 0.0656. The summed E-state index contributed by atoms with van der Waals surface area (Å²) in [6, 6.07) is 1.13. The van der Waals surface area contributed by atoms with Crippen molar-refractivity contribution in [3.8, 4) is 0 Å². The first kappa shape index (κ1) is 14.7. The Bertz CT molecular complexity index is 625. The number of likely N-dealkylation sites (tertiary alicyclic amines) is 1. The number of nitrogens with one attached hydrogen (secondary N) is 1. The molecule has 1 fully saturated rings. The molecule has 6 nitrogen and oxygen atoms in total. The normalized spacial score (nSPS) is 18.9. The minimum atomic E-state index is -2.65. The number of carbonyl (C=O) groups excluding carboxylic acids is 1. The molecule has 22 heavy (non-hydrogen) atoms. The molecule has 0 aliphatic carbocycles. The Morgan fingerprint density at radius 1 is 1.50 bits per heavy atom. The monoisotopic (exact) mass is 309 g/mol. The van der Waals surface area contributed by atoms with Crippen LogP contribution in [0.2, 0.25) is 0 Å². The lowest BCUT2D eigenvalue weighted by Crippen LogP contribution is -2.41. The topological polar surface area (TPSA) is 66.8 Å². The van der Waals surface area contributed by atoms with E-state index in [1.54, 1.807) is 17.4 Å². The molecule has 118 valence electrons. The van der Waals surface area contributed by atoms with Crippen molar-refractivity contribution >= 4 is 5.91 Å². The molecule has 3 rings (SSSR count). The maximum Gasteiger partial charge on any atom is 0.279 e. The molecule has 3 heterocycles. The Kier molecular flexibility index (Phi) is 4.17. The molecule has 1 N–H and O–H groups in total. The number of hydrogen-bond acceptors (Lipinski definition) is 3. The van der Waals surface area contributed by atoms with Gasteiger partial charge in [0, 0.05) is 32.0 Å². The molecule has 0 saturated carbocycles. The largest absolute Gasteiger partial charge is 0.337 e. The fourth-order valence-electron chi connectivity index (χ4n) is 2.81. The minimum Gasteiger partial charge on any atom is -0.337 e. The van der Waals surface area contributed by atoms with E-state index in [-0.39, 0.29) is 17.3 Å². The van der Waals surface area contributed by atoms with Crippen LogP contribution in [0.5, 0.6) is 0 Å². The van der Waals surface area contributed by atoms with Crippen LogP contribution in [0.15, 0.2) is 24.8 Å². The van der Waals surface area contributed by atoms with Crippen molar-refractivity contribution in [1.82, 2.24) is 24.6 Å². The number of imidazole rings is 1. The van der Waals surface area contributed by atoms with E-state index in [0.29, 0.717) is 19.0 Å². The molecule has 0 spiro atoms. The summed E-state index contributed by atoms with van der Waals surface area (Å²) in [4.78, 5) is 18.1. The lowest BCUT2D eigenvalue weighted by atomic mass is 9.97. The maximum atomic E-state index is 12.6. The quantitative estimate of drug-likeness (QED) is 0.940. The van der Waals surface area contributed by atoms with Crippen LogP contribution in [-0.2, 0) is 6.54 Å². The predicted molar refractivity (Wildman–Crippen MR) is 74.4 cm³/mol. The second-order valence-corrected chi connectivity index (χ2v) is 5.53. The number of amides is 1. The van der Waals surface area contributed by atoms with Crippen LogP contribution < -0.4 is 0 Å². The van der Waals surface area contributed by atoms with Gasteiger partial charge in [-0.1, -0.05) is 0 Å². The van der Waals surface area contributed by atoms with Crippen LogP contribution >= 0.6 is 0 Å². The number of aromatic amines is 1. The molecule has 1 atom stereocenters. The van der Waals surface area contributed by atoms with E-state index in [0.717, 1.165) is 25.5 Å². The number of piperidine rings is 1. The standard InChI is InChI=1S/C14H17F2N5O/c15-13(16)11-6-12(19-18-11)14(22)21-4-1-2-10(8-21)7-20-5-3-17-9-20/h3,5-6,9-10,13H,1-2,4,7-8H2,(H,18,19)/t10-/m1/s1. The van der Waals surface area contributed by atoms with Crippen molar-refractivity contribution in [3.05, 3.63) is 36.2 Å². The first-order valence-corrected chi connectivity index (χ1v) is 7.22. The predicted octanol–water partition coefficient (Wildman–Crippen LogP) is 2.10. The van der Waals surface area contributed by atoms with E-state index < -0.39 is 6.43 Å². The second kappa shape index (κ2) is 6.25. The smallest absolute Gasteiger partial charge is 0.279 e. The zero-order chi connectivity index (χ0) is 15.5. The van der Waals surface area contributed by atoms with Crippen molar-refractivity contribution in [1.29, 1.82) is 0 Å². The van der Waals surface area contributed by atoms with Crippen molar-refractivity contribution in [2.75, 3.05) is 13.1 Å². The minimum absolute atomic E-state index is 0.0542. The van der Waals surface area contributed by atoms with E-state index in [1.807, 2.05) is 10.8 Å². The molecule has 1 amide bonds. The zero-order valence-corrected chi connectivity index (χ0v) is 12.0. The van der Waals surface area contributed by atoms with Gasteiger partial charge >= 0.3 is 0 Å². The van der Waals surface area contributed by atoms with Gasteiger partial charge in [-0.15, -0.1) is 0 Å². The maximum absolute atomic E-state index is 12.6. The number of halogens is 2. The summed E-state index contributed by atoms with van der Waals surface area (Å²) in [5.74, 6) is 0.0406. The zero-order valence-electron chi connectivity index (χ0n) is 12.0. The lowest BCUT2D eigenvalue weighted by Gasteiger charge is -2.32. The highest BCUT2D eigenvalue weighted by Crippen LogP contribution is 2.21. The number of hydrogen-bond donors (Lipinski definition) is 1.